The third-order valence-electron chi connectivity index (χ3n) is 3.16. The molecule has 0 aliphatic carbocycles. The van der Waals surface area contributed by atoms with E-state index >= 15 is 0 Å². The van der Waals surface area contributed by atoms with E-state index in [1.165, 1.54) is 5.56 Å². The Bertz CT molecular complexity index is 468. The van der Waals surface area contributed by atoms with Crippen molar-refractivity contribution in [2.75, 3.05) is 11.9 Å². The molecule has 0 unspecified atom stereocenters. The van der Waals surface area contributed by atoms with E-state index in [-0.39, 0.29) is 12.2 Å². The molecule has 1 heterocycles. The molecule has 0 bridgehead atoms. The lowest BCUT2D eigenvalue weighted by atomic mass is 9.98. The van der Waals surface area contributed by atoms with Crippen LogP contribution < -0.4 is 5.32 Å². The van der Waals surface area contributed by atoms with Gasteiger partial charge < -0.3 is 10.4 Å². The van der Waals surface area contributed by atoms with Gasteiger partial charge in [0.2, 0.25) is 0 Å². The number of aliphatic carboxylic acids is 1. The van der Waals surface area contributed by atoms with Gasteiger partial charge in [-0.3, -0.25) is 9.59 Å². The number of fused-ring (bicyclic) bond motifs is 1. The molecule has 2 N–H and O–H groups in total. The molecule has 0 saturated carbocycles. The molecular formula is C14H17NO3. The van der Waals surface area contributed by atoms with E-state index in [0.29, 0.717) is 18.4 Å². The minimum absolute atomic E-state index is 0.0198. The van der Waals surface area contributed by atoms with Crippen LogP contribution in [0.25, 0.3) is 0 Å². The van der Waals surface area contributed by atoms with Crippen molar-refractivity contribution in [1.82, 2.24) is 0 Å². The molecule has 1 aliphatic heterocycles. The van der Waals surface area contributed by atoms with Gasteiger partial charge in [-0.1, -0.05) is 12.1 Å². The van der Waals surface area contributed by atoms with Gasteiger partial charge in [0.1, 0.15) is 0 Å². The molecule has 0 amide bonds. The van der Waals surface area contributed by atoms with E-state index < -0.39 is 5.97 Å². The number of nitrogens with one attached hydrogen (secondary N) is 1. The summed E-state index contributed by atoms with van der Waals surface area (Å²) in [5.41, 5.74) is 2.97. The standard InChI is InChI=1S/C14H17NO3/c16-13(4-1-5-14(17)18)11-7-6-10-3-2-8-15-12(10)9-11/h6-7,9,15H,1-5,8H2,(H,17,18). The van der Waals surface area contributed by atoms with Crippen molar-refractivity contribution in [3.63, 3.8) is 0 Å². The van der Waals surface area contributed by atoms with Gasteiger partial charge in [-0.05, 0) is 30.9 Å². The van der Waals surface area contributed by atoms with Crippen molar-refractivity contribution in [1.29, 1.82) is 0 Å². The van der Waals surface area contributed by atoms with Gasteiger partial charge in [0, 0.05) is 30.6 Å². The average molecular weight is 247 g/mol. The minimum atomic E-state index is -0.852. The van der Waals surface area contributed by atoms with Gasteiger partial charge in [0.15, 0.2) is 5.78 Å². The van der Waals surface area contributed by atoms with Gasteiger partial charge >= 0.3 is 5.97 Å². The molecule has 0 saturated heterocycles. The summed E-state index contributed by atoms with van der Waals surface area (Å²) in [4.78, 5) is 22.3. The molecule has 1 aromatic rings. The number of carboxylic acids is 1. The van der Waals surface area contributed by atoms with Crippen molar-refractivity contribution < 1.29 is 14.7 Å². The molecule has 2 rings (SSSR count). The summed E-state index contributed by atoms with van der Waals surface area (Å²) in [6.45, 7) is 0.948. The van der Waals surface area contributed by atoms with Crippen molar-refractivity contribution in [3.05, 3.63) is 29.3 Å². The van der Waals surface area contributed by atoms with Crippen LogP contribution in [-0.4, -0.2) is 23.4 Å². The molecule has 1 aliphatic rings. The van der Waals surface area contributed by atoms with E-state index in [9.17, 15) is 9.59 Å². The number of carbonyl (C=O) groups excluding carboxylic acids is 1. The van der Waals surface area contributed by atoms with E-state index in [4.69, 9.17) is 5.11 Å². The largest absolute Gasteiger partial charge is 0.481 e. The molecule has 0 spiro atoms. The zero-order valence-corrected chi connectivity index (χ0v) is 10.2. The first kappa shape index (κ1) is 12.6. The van der Waals surface area contributed by atoms with Gasteiger partial charge in [-0.15, -0.1) is 0 Å². The molecule has 4 heteroatoms. The lowest BCUT2D eigenvalue weighted by Crippen LogP contribution is -2.12. The van der Waals surface area contributed by atoms with E-state index in [1.807, 2.05) is 18.2 Å². The van der Waals surface area contributed by atoms with E-state index in [0.717, 1.165) is 25.1 Å². The summed E-state index contributed by atoms with van der Waals surface area (Å²) in [7, 11) is 0. The Labute approximate surface area is 106 Å². The van der Waals surface area contributed by atoms with Crippen LogP contribution in [0.15, 0.2) is 18.2 Å². The Morgan fingerprint density at radius 1 is 1.28 bits per heavy atom. The quantitative estimate of drug-likeness (QED) is 0.784. The minimum Gasteiger partial charge on any atom is -0.481 e. The Balaban J connectivity index is 2.00. The second-order valence-corrected chi connectivity index (χ2v) is 4.57. The summed E-state index contributed by atoms with van der Waals surface area (Å²) in [6.07, 6.45) is 2.92. The summed E-state index contributed by atoms with van der Waals surface area (Å²) in [5, 5.41) is 11.8. The molecule has 0 fully saturated rings. The summed E-state index contributed by atoms with van der Waals surface area (Å²) in [5.74, 6) is -0.832. The summed E-state index contributed by atoms with van der Waals surface area (Å²) < 4.78 is 0. The topological polar surface area (TPSA) is 66.4 Å². The molecule has 96 valence electrons. The fraction of sp³-hybridized carbons (Fsp3) is 0.429. The monoisotopic (exact) mass is 247 g/mol. The maximum atomic E-state index is 11.9. The van der Waals surface area contributed by atoms with Crippen LogP contribution in [0.4, 0.5) is 5.69 Å². The number of anilines is 1. The number of hydrogen-bond acceptors (Lipinski definition) is 3. The predicted molar refractivity (Wildman–Crippen MR) is 69.1 cm³/mol. The third kappa shape index (κ3) is 3.09. The van der Waals surface area contributed by atoms with Crippen LogP contribution in [0.2, 0.25) is 0 Å². The van der Waals surface area contributed by atoms with Gasteiger partial charge in [0.05, 0.1) is 0 Å². The number of carbonyl (C=O) groups is 2. The lowest BCUT2D eigenvalue weighted by Gasteiger charge is -2.18. The zero-order chi connectivity index (χ0) is 13.0. The Morgan fingerprint density at radius 2 is 2.11 bits per heavy atom. The fourth-order valence-electron chi connectivity index (χ4n) is 2.18. The number of hydrogen-bond donors (Lipinski definition) is 2. The molecule has 4 nitrogen and oxygen atoms in total. The van der Waals surface area contributed by atoms with Gasteiger partial charge in [-0.2, -0.15) is 0 Å². The zero-order valence-electron chi connectivity index (χ0n) is 10.2. The SMILES string of the molecule is O=C(O)CCCC(=O)c1ccc2c(c1)NCCC2. The maximum absolute atomic E-state index is 11.9. The van der Waals surface area contributed by atoms with E-state index in [2.05, 4.69) is 5.32 Å². The number of aryl methyl sites for hydroxylation is 1. The van der Waals surface area contributed by atoms with Crippen molar-refractivity contribution in [2.45, 2.75) is 32.1 Å². The van der Waals surface area contributed by atoms with E-state index in [1.54, 1.807) is 0 Å². The first-order valence-corrected chi connectivity index (χ1v) is 6.28. The Kier molecular flexibility index (Phi) is 3.97. The first-order chi connectivity index (χ1) is 8.66. The predicted octanol–water partition coefficient (Wildman–Crippen LogP) is 2.48. The number of ketones is 1. The highest BCUT2D eigenvalue weighted by molar-refractivity contribution is 5.97. The molecule has 0 aromatic heterocycles. The fourth-order valence-corrected chi connectivity index (χ4v) is 2.18. The Hall–Kier alpha value is -1.84. The van der Waals surface area contributed by atoms with Gasteiger partial charge in [0.25, 0.3) is 0 Å². The van der Waals surface area contributed by atoms with Crippen LogP contribution in [0.1, 0.15) is 41.6 Å². The smallest absolute Gasteiger partial charge is 0.303 e. The first-order valence-electron chi connectivity index (χ1n) is 6.28. The van der Waals surface area contributed by atoms with Crippen molar-refractivity contribution in [2.24, 2.45) is 0 Å². The second kappa shape index (κ2) is 5.67. The van der Waals surface area contributed by atoms with Crippen LogP contribution in [-0.2, 0) is 11.2 Å². The second-order valence-electron chi connectivity index (χ2n) is 4.57. The summed E-state index contributed by atoms with van der Waals surface area (Å²) >= 11 is 0. The highest BCUT2D eigenvalue weighted by Gasteiger charge is 2.12. The maximum Gasteiger partial charge on any atom is 0.303 e. The van der Waals surface area contributed by atoms with Crippen LogP contribution in [0, 0.1) is 0 Å². The Morgan fingerprint density at radius 3 is 2.89 bits per heavy atom. The van der Waals surface area contributed by atoms with Crippen LogP contribution in [0.3, 0.4) is 0 Å². The molecule has 1 aromatic carbocycles. The average Bonchev–Trinajstić information content (AvgIpc) is 2.37. The number of benzene rings is 1. The highest BCUT2D eigenvalue weighted by Crippen LogP contribution is 2.23. The number of Topliss-reactive ketones (excluding diaryl/α,β-unsaturated/α-hetero) is 1. The number of carboxylic acid groups (broad SMARTS) is 1. The van der Waals surface area contributed by atoms with Crippen molar-refractivity contribution in [3.8, 4) is 0 Å². The molecule has 0 atom stereocenters. The normalized spacial score (nSPS) is 13.6. The molecule has 18 heavy (non-hydrogen) atoms. The van der Waals surface area contributed by atoms with Crippen LogP contribution >= 0.6 is 0 Å². The summed E-state index contributed by atoms with van der Waals surface area (Å²) in [6, 6.07) is 5.72. The molecule has 0 radical (unpaired) electrons. The molecular weight excluding hydrogens is 230 g/mol. The highest BCUT2D eigenvalue weighted by atomic mass is 16.4. The van der Waals surface area contributed by atoms with Crippen LogP contribution in [0.5, 0.6) is 0 Å². The third-order valence-corrected chi connectivity index (χ3v) is 3.16. The lowest BCUT2D eigenvalue weighted by molar-refractivity contribution is -0.137. The van der Waals surface area contributed by atoms with Crippen molar-refractivity contribution >= 4 is 17.4 Å². The number of rotatable bonds is 5. The van der Waals surface area contributed by atoms with Gasteiger partial charge in [-0.25, -0.2) is 0 Å².